The Hall–Kier alpha value is -6.81. The Balaban J connectivity index is 0.000000359. The van der Waals surface area contributed by atoms with Crippen LogP contribution in [-0.2, 0) is 4.79 Å². The molecule has 6 aromatic carbocycles. The Kier molecular flexibility index (Phi) is 19.2. The highest BCUT2D eigenvalue weighted by Gasteiger charge is 2.24. The van der Waals surface area contributed by atoms with Gasteiger partial charge in [-0.2, -0.15) is 0 Å². The molecule has 2 unspecified atom stereocenters. The number of carbonyl (C=O) groups is 1. The number of nitrogens with zero attached hydrogens (tertiary/aromatic N) is 6. The summed E-state index contributed by atoms with van der Waals surface area (Å²) in [5, 5.41) is 27.8. The Morgan fingerprint density at radius 2 is 0.847 bits per heavy atom. The van der Waals surface area contributed by atoms with Crippen molar-refractivity contribution in [1.29, 1.82) is 0 Å². The molecule has 10 heteroatoms. The van der Waals surface area contributed by atoms with Crippen LogP contribution < -0.4 is 9.47 Å². The molecule has 0 aliphatic carbocycles. The van der Waals surface area contributed by atoms with Gasteiger partial charge in [-0.05, 0) is 86.0 Å². The van der Waals surface area contributed by atoms with Gasteiger partial charge in [0.25, 0.3) is 0 Å². The lowest BCUT2D eigenvalue weighted by Gasteiger charge is -2.18. The average molecular weight is 797 g/mol. The molecule has 8 rings (SSSR count). The number of ether oxygens (including phenoxy) is 2. The minimum Gasteiger partial charge on any atom is -0.484 e. The summed E-state index contributed by atoms with van der Waals surface area (Å²) in [5.74, 6) is 0.103. The van der Waals surface area contributed by atoms with Gasteiger partial charge >= 0.3 is 5.97 Å². The number of aliphatic carboxylic acids is 1. The molecule has 8 aromatic rings. The van der Waals surface area contributed by atoms with E-state index in [4.69, 9.17) is 9.47 Å². The number of benzene rings is 6. The molecule has 0 fully saturated rings. The van der Waals surface area contributed by atoms with Gasteiger partial charge in [0.2, 0.25) is 6.10 Å². The average Bonchev–Trinajstić information content (AvgIpc) is 3.88. The minimum absolute atomic E-state index is 0. The molecule has 0 saturated carbocycles. The second-order valence-electron chi connectivity index (χ2n) is 12.3. The highest BCUT2D eigenvalue weighted by Crippen LogP contribution is 2.31. The molecule has 0 spiro atoms. The van der Waals surface area contributed by atoms with Crippen LogP contribution >= 0.6 is 0 Å². The second-order valence-corrected chi connectivity index (χ2v) is 12.3. The molecule has 10 nitrogen and oxygen atoms in total. The fourth-order valence-corrected chi connectivity index (χ4v) is 5.70. The number of aryl methyl sites for hydroxylation is 2. The normalized spacial score (nSPS) is 10.9. The van der Waals surface area contributed by atoms with Gasteiger partial charge in [-0.3, -0.25) is 0 Å². The van der Waals surface area contributed by atoms with E-state index in [0.717, 1.165) is 50.2 Å². The first-order chi connectivity index (χ1) is 27.3. The molecule has 2 heterocycles. The van der Waals surface area contributed by atoms with E-state index < -0.39 is 12.1 Å². The van der Waals surface area contributed by atoms with E-state index in [1.165, 1.54) is 4.80 Å². The third-order valence-corrected chi connectivity index (χ3v) is 8.38. The summed E-state index contributed by atoms with van der Waals surface area (Å²) in [7, 11) is 0. The maximum atomic E-state index is 11.8. The molecule has 0 saturated heterocycles. The lowest BCUT2D eigenvalue weighted by molar-refractivity contribution is -0.145. The second kappa shape index (κ2) is 23.4. The first-order valence-corrected chi connectivity index (χ1v) is 18.8. The Morgan fingerprint density at radius 1 is 0.508 bits per heavy atom. The number of carboxylic acids is 1. The first kappa shape index (κ1) is 48.3. The van der Waals surface area contributed by atoms with E-state index in [2.05, 4.69) is 39.5 Å². The Labute approximate surface area is 350 Å². The number of hydrogen-bond acceptors (Lipinski definition) is 7. The van der Waals surface area contributed by atoms with Crippen molar-refractivity contribution in [3.8, 4) is 22.9 Å². The third kappa shape index (κ3) is 12.1. The van der Waals surface area contributed by atoms with E-state index in [-0.39, 0.29) is 28.4 Å². The van der Waals surface area contributed by atoms with Gasteiger partial charge in [-0.25, -0.2) is 4.79 Å². The zero-order chi connectivity index (χ0) is 40.0. The molecule has 0 radical (unpaired) electrons. The van der Waals surface area contributed by atoms with Crippen molar-refractivity contribution in [2.75, 3.05) is 0 Å². The third-order valence-electron chi connectivity index (χ3n) is 8.38. The van der Waals surface area contributed by atoms with Gasteiger partial charge in [-0.1, -0.05) is 147 Å². The number of rotatable bonds is 9. The molecule has 310 valence electrons. The summed E-state index contributed by atoms with van der Waals surface area (Å²) in [6, 6.07) is 46.0. The van der Waals surface area contributed by atoms with Crippen LogP contribution in [0.4, 0.5) is 0 Å². The maximum absolute atomic E-state index is 11.8. The largest absolute Gasteiger partial charge is 0.484 e. The fraction of sp³-hybridized carbons (Fsp3) is 0.245. The van der Waals surface area contributed by atoms with Gasteiger partial charge in [-0.15, -0.1) is 30.0 Å². The first-order valence-electron chi connectivity index (χ1n) is 18.8. The topological polar surface area (TPSA) is 117 Å². The predicted octanol–water partition coefficient (Wildman–Crippen LogP) is 12.8. The van der Waals surface area contributed by atoms with E-state index in [9.17, 15) is 9.90 Å². The Bertz CT molecular complexity index is 2400. The van der Waals surface area contributed by atoms with Gasteiger partial charge in [0, 0.05) is 5.56 Å². The van der Waals surface area contributed by atoms with E-state index in [0.29, 0.717) is 17.0 Å². The zero-order valence-electron chi connectivity index (χ0n) is 32.9. The molecule has 0 amide bonds. The fourth-order valence-electron chi connectivity index (χ4n) is 5.70. The SMILES string of the molecule is C.C.C.CC.CC.Cc1ccc(OC(C(=O)O)c2ccccc2)c(-n2nc3ccccc3n2)c1.Cc1ccc(OC(C)c2ccccc2)c(-n2nc3ccccc3n2)c1. The lowest BCUT2D eigenvalue weighted by atomic mass is 10.1. The quantitative estimate of drug-likeness (QED) is 0.153. The van der Waals surface area contributed by atoms with E-state index in [1.54, 1.807) is 35.1 Å². The van der Waals surface area contributed by atoms with Crippen molar-refractivity contribution in [2.45, 2.75) is 83.0 Å². The summed E-state index contributed by atoms with van der Waals surface area (Å²) in [5.41, 5.74) is 8.50. The van der Waals surface area contributed by atoms with Crippen LogP contribution in [0, 0.1) is 13.8 Å². The standard InChI is InChI=1S/C21H17N3O3.C21H19N3O.2C2H6.3CH4/c1-14-11-12-19(27-20(21(25)26)15-7-3-2-4-8-15)18(13-14)24-22-16-9-5-6-10-17(16)23-24;1-15-12-13-21(25-16(2)17-8-4-3-5-9-17)20(14-15)24-22-18-10-6-7-11-19(18)23-24;2*1-2;;;/h2-13,20H,1H3,(H,25,26);3-14,16H,1-2H3;2*1-2H3;3*1H4. The van der Waals surface area contributed by atoms with Gasteiger partial charge in [0.1, 0.15) is 51.0 Å². The number of aromatic nitrogens is 6. The predicted molar refractivity (Wildman–Crippen MR) is 243 cm³/mol. The highest BCUT2D eigenvalue weighted by molar-refractivity contribution is 5.76. The van der Waals surface area contributed by atoms with Gasteiger partial charge in [0.05, 0.1) is 0 Å². The molecule has 2 aromatic heterocycles. The van der Waals surface area contributed by atoms with Gasteiger partial charge in [0.15, 0.2) is 0 Å². The van der Waals surface area contributed by atoms with Crippen LogP contribution in [0.25, 0.3) is 33.4 Å². The van der Waals surface area contributed by atoms with Crippen LogP contribution in [0.5, 0.6) is 11.5 Å². The lowest BCUT2D eigenvalue weighted by Crippen LogP contribution is -2.19. The number of hydrogen-bond donors (Lipinski definition) is 1. The molecule has 0 aliphatic heterocycles. The van der Waals surface area contributed by atoms with Crippen molar-refractivity contribution in [1.82, 2.24) is 30.0 Å². The van der Waals surface area contributed by atoms with E-state index >= 15 is 0 Å². The maximum Gasteiger partial charge on any atom is 0.349 e. The molecule has 0 aliphatic rings. The van der Waals surface area contributed by atoms with Crippen LogP contribution in [-0.4, -0.2) is 41.1 Å². The molecular weight excluding hydrogens is 737 g/mol. The van der Waals surface area contributed by atoms with Crippen LogP contribution in [0.1, 0.15) is 91.4 Å². The van der Waals surface area contributed by atoms with Crippen LogP contribution in [0.15, 0.2) is 146 Å². The van der Waals surface area contributed by atoms with Crippen molar-refractivity contribution in [3.05, 3.63) is 168 Å². The molecule has 1 N–H and O–H groups in total. The molecule has 59 heavy (non-hydrogen) atoms. The molecule has 0 bridgehead atoms. The summed E-state index contributed by atoms with van der Waals surface area (Å²) < 4.78 is 12.1. The minimum atomic E-state index is -1.13. The zero-order valence-corrected chi connectivity index (χ0v) is 32.9. The van der Waals surface area contributed by atoms with Crippen molar-refractivity contribution < 1.29 is 19.4 Å². The van der Waals surface area contributed by atoms with Crippen LogP contribution in [0.2, 0.25) is 0 Å². The number of carboxylic acid groups (broad SMARTS) is 1. The number of fused-ring (bicyclic) bond motifs is 2. The molecule has 2 atom stereocenters. The summed E-state index contributed by atoms with van der Waals surface area (Å²) in [4.78, 5) is 14.9. The monoisotopic (exact) mass is 796 g/mol. The highest BCUT2D eigenvalue weighted by atomic mass is 16.5. The Morgan fingerprint density at radius 3 is 1.22 bits per heavy atom. The summed E-state index contributed by atoms with van der Waals surface area (Å²) >= 11 is 0. The summed E-state index contributed by atoms with van der Waals surface area (Å²) in [6.07, 6.45) is -1.19. The van der Waals surface area contributed by atoms with Crippen molar-refractivity contribution >= 4 is 28.0 Å². The van der Waals surface area contributed by atoms with Crippen molar-refractivity contribution in [2.24, 2.45) is 0 Å². The van der Waals surface area contributed by atoms with E-state index in [1.807, 2.05) is 145 Å². The smallest absolute Gasteiger partial charge is 0.349 e. The molecular formula is C49H60N6O4. The van der Waals surface area contributed by atoms with Crippen molar-refractivity contribution in [3.63, 3.8) is 0 Å². The van der Waals surface area contributed by atoms with Crippen LogP contribution in [0.3, 0.4) is 0 Å². The summed E-state index contributed by atoms with van der Waals surface area (Å²) in [6.45, 7) is 14.0. The van der Waals surface area contributed by atoms with Gasteiger partial charge < -0.3 is 14.6 Å².